The highest BCUT2D eigenvalue weighted by Crippen LogP contribution is 2.29. The molecule has 3 aromatic carbocycles. The van der Waals surface area contributed by atoms with E-state index in [4.69, 9.17) is 0 Å². The van der Waals surface area contributed by atoms with Crippen LogP contribution in [0.1, 0.15) is 5.82 Å². The summed E-state index contributed by atoms with van der Waals surface area (Å²) in [4.78, 5) is 18.0. The van der Waals surface area contributed by atoms with Crippen molar-refractivity contribution in [3.8, 4) is 5.69 Å². The summed E-state index contributed by atoms with van der Waals surface area (Å²) < 4.78 is 5.33. The molecule has 0 saturated heterocycles. The molecule has 0 aliphatic heterocycles. The van der Waals surface area contributed by atoms with Crippen molar-refractivity contribution in [1.82, 2.24) is 23.9 Å². The third kappa shape index (κ3) is 3.21. The molecular weight excluding hydrogens is 426 g/mol. The largest absolute Gasteiger partial charge is 0.389 e. The standard InChI is InChI=1S/C27H23N5O2/c1-18-29-26-23(15-28-32(26)19-9-3-2-4-10-19)27(34)30(18)16-20(33)17-31-24-13-7-5-11-21(24)22-12-6-8-14-25(22)31/h2-15,20,33H,16-17H2,1H3/t20-/m1/s1. The van der Waals surface area contributed by atoms with Gasteiger partial charge in [0.25, 0.3) is 5.56 Å². The van der Waals surface area contributed by atoms with Gasteiger partial charge in [-0.3, -0.25) is 9.36 Å². The zero-order chi connectivity index (χ0) is 23.2. The Kier molecular flexibility index (Phi) is 4.78. The minimum absolute atomic E-state index is 0.144. The van der Waals surface area contributed by atoms with Gasteiger partial charge in [-0.2, -0.15) is 5.10 Å². The summed E-state index contributed by atoms with van der Waals surface area (Å²) in [6.07, 6.45) is 0.770. The van der Waals surface area contributed by atoms with Crippen LogP contribution < -0.4 is 5.56 Å². The number of rotatable bonds is 5. The lowest BCUT2D eigenvalue weighted by atomic mass is 10.2. The molecule has 0 unspecified atom stereocenters. The number of fused-ring (bicyclic) bond motifs is 4. The fourth-order valence-electron chi connectivity index (χ4n) is 4.76. The van der Waals surface area contributed by atoms with Gasteiger partial charge in [-0.1, -0.05) is 54.6 Å². The van der Waals surface area contributed by atoms with E-state index in [9.17, 15) is 9.90 Å². The van der Waals surface area contributed by atoms with Crippen LogP contribution in [-0.4, -0.2) is 35.1 Å². The van der Waals surface area contributed by atoms with Gasteiger partial charge in [0.1, 0.15) is 11.2 Å². The first kappa shape index (κ1) is 20.4. The monoisotopic (exact) mass is 449 g/mol. The number of aromatic nitrogens is 5. The number of aryl methyl sites for hydroxylation is 1. The SMILES string of the molecule is Cc1nc2c(cnn2-c2ccccc2)c(=O)n1C[C@@H](O)Cn1c2ccccc2c2ccccc21. The topological polar surface area (TPSA) is 77.9 Å². The molecule has 0 spiro atoms. The second kappa shape index (κ2) is 7.97. The Balaban J connectivity index is 1.37. The number of hydrogen-bond donors (Lipinski definition) is 1. The average molecular weight is 450 g/mol. The van der Waals surface area contributed by atoms with Crippen LogP contribution in [0, 0.1) is 6.92 Å². The van der Waals surface area contributed by atoms with Crippen LogP contribution >= 0.6 is 0 Å². The van der Waals surface area contributed by atoms with Crippen LogP contribution in [0.15, 0.2) is 89.9 Å². The molecule has 0 fully saturated rings. The molecule has 3 aromatic heterocycles. The predicted molar refractivity (Wildman–Crippen MR) is 133 cm³/mol. The smallest absolute Gasteiger partial charge is 0.264 e. The Morgan fingerprint density at radius 2 is 1.38 bits per heavy atom. The van der Waals surface area contributed by atoms with Crippen molar-refractivity contribution in [2.45, 2.75) is 26.1 Å². The quantitative estimate of drug-likeness (QED) is 0.431. The molecule has 6 rings (SSSR count). The normalized spacial score (nSPS) is 12.6. The van der Waals surface area contributed by atoms with Crippen molar-refractivity contribution in [3.05, 3.63) is 101 Å². The van der Waals surface area contributed by atoms with E-state index in [1.165, 1.54) is 4.57 Å². The van der Waals surface area contributed by atoms with Crippen LogP contribution in [0.3, 0.4) is 0 Å². The first-order valence-corrected chi connectivity index (χ1v) is 11.3. The maximum Gasteiger partial charge on any atom is 0.264 e. The predicted octanol–water partition coefficient (Wildman–Crippen LogP) is 4.06. The van der Waals surface area contributed by atoms with Crippen molar-refractivity contribution in [1.29, 1.82) is 0 Å². The highest BCUT2D eigenvalue weighted by atomic mass is 16.3. The number of benzene rings is 3. The second-order valence-corrected chi connectivity index (χ2v) is 8.50. The maximum absolute atomic E-state index is 13.3. The zero-order valence-corrected chi connectivity index (χ0v) is 18.7. The molecule has 0 amide bonds. The Morgan fingerprint density at radius 1 is 0.794 bits per heavy atom. The van der Waals surface area contributed by atoms with E-state index in [0.29, 0.717) is 23.4 Å². The Bertz CT molecular complexity index is 1660. The number of hydrogen-bond acceptors (Lipinski definition) is 4. The van der Waals surface area contributed by atoms with Crippen molar-refractivity contribution in [3.63, 3.8) is 0 Å². The number of nitrogens with zero attached hydrogens (tertiary/aromatic N) is 5. The van der Waals surface area contributed by atoms with Gasteiger partial charge >= 0.3 is 0 Å². The van der Waals surface area contributed by atoms with Crippen molar-refractivity contribution in [2.24, 2.45) is 0 Å². The van der Waals surface area contributed by atoms with E-state index in [2.05, 4.69) is 38.9 Å². The fourth-order valence-corrected chi connectivity index (χ4v) is 4.76. The fraction of sp³-hybridized carbons (Fsp3) is 0.148. The van der Waals surface area contributed by atoms with E-state index in [-0.39, 0.29) is 12.1 Å². The Labute approximate surface area is 195 Å². The van der Waals surface area contributed by atoms with E-state index in [1.54, 1.807) is 17.8 Å². The van der Waals surface area contributed by atoms with Gasteiger partial charge < -0.3 is 9.67 Å². The molecule has 168 valence electrons. The Morgan fingerprint density at radius 3 is 2.06 bits per heavy atom. The molecular formula is C27H23N5O2. The zero-order valence-electron chi connectivity index (χ0n) is 18.7. The number of para-hydroxylation sites is 3. The highest BCUT2D eigenvalue weighted by molar-refractivity contribution is 6.07. The molecule has 1 N–H and O–H groups in total. The molecule has 0 saturated carbocycles. The van der Waals surface area contributed by atoms with Crippen molar-refractivity contribution >= 4 is 32.8 Å². The summed E-state index contributed by atoms with van der Waals surface area (Å²) in [6, 6.07) is 26.0. The molecule has 3 heterocycles. The van der Waals surface area contributed by atoms with Crippen molar-refractivity contribution < 1.29 is 5.11 Å². The summed E-state index contributed by atoms with van der Waals surface area (Å²) in [5.74, 6) is 0.538. The molecule has 0 bridgehead atoms. The lowest BCUT2D eigenvalue weighted by molar-refractivity contribution is 0.135. The van der Waals surface area contributed by atoms with Gasteiger partial charge in [0.2, 0.25) is 0 Å². The third-order valence-corrected chi connectivity index (χ3v) is 6.34. The molecule has 0 aliphatic rings. The van der Waals surface area contributed by atoms with E-state index in [0.717, 1.165) is 27.5 Å². The van der Waals surface area contributed by atoms with Crippen LogP contribution in [-0.2, 0) is 13.1 Å². The van der Waals surface area contributed by atoms with E-state index in [1.807, 2.05) is 54.6 Å². The third-order valence-electron chi connectivity index (χ3n) is 6.34. The summed E-state index contributed by atoms with van der Waals surface area (Å²) in [5, 5.41) is 18.2. The van der Waals surface area contributed by atoms with Gasteiger partial charge in [0.05, 0.1) is 31.1 Å². The second-order valence-electron chi connectivity index (χ2n) is 8.50. The van der Waals surface area contributed by atoms with Gasteiger partial charge in [-0.25, -0.2) is 9.67 Å². The summed E-state index contributed by atoms with van der Waals surface area (Å²) in [5.41, 5.74) is 3.27. The molecule has 0 aliphatic carbocycles. The maximum atomic E-state index is 13.3. The molecule has 0 radical (unpaired) electrons. The van der Waals surface area contributed by atoms with Crippen LogP contribution in [0.2, 0.25) is 0 Å². The number of aliphatic hydroxyl groups excluding tert-OH is 1. The minimum atomic E-state index is -0.779. The summed E-state index contributed by atoms with van der Waals surface area (Å²) >= 11 is 0. The lowest BCUT2D eigenvalue weighted by Crippen LogP contribution is -2.31. The van der Waals surface area contributed by atoms with Gasteiger partial charge in [0.15, 0.2) is 5.65 Å². The number of aliphatic hydroxyl groups is 1. The molecule has 34 heavy (non-hydrogen) atoms. The van der Waals surface area contributed by atoms with Crippen LogP contribution in [0.25, 0.3) is 38.5 Å². The van der Waals surface area contributed by atoms with E-state index < -0.39 is 6.10 Å². The van der Waals surface area contributed by atoms with Crippen molar-refractivity contribution in [2.75, 3.05) is 0 Å². The highest BCUT2D eigenvalue weighted by Gasteiger charge is 2.18. The van der Waals surface area contributed by atoms with Gasteiger partial charge in [-0.05, 0) is 31.2 Å². The molecule has 7 heteroatoms. The Hall–Kier alpha value is -4.23. The molecule has 1 atom stereocenters. The first-order valence-electron chi connectivity index (χ1n) is 11.3. The van der Waals surface area contributed by atoms with Gasteiger partial charge in [0, 0.05) is 21.8 Å². The summed E-state index contributed by atoms with van der Waals surface area (Å²) in [6.45, 7) is 2.29. The van der Waals surface area contributed by atoms with Gasteiger partial charge in [-0.15, -0.1) is 0 Å². The van der Waals surface area contributed by atoms with Crippen LogP contribution in [0.5, 0.6) is 0 Å². The van der Waals surface area contributed by atoms with E-state index >= 15 is 0 Å². The molecule has 7 nitrogen and oxygen atoms in total. The lowest BCUT2D eigenvalue weighted by Gasteiger charge is -2.17. The minimum Gasteiger partial charge on any atom is -0.389 e. The molecule has 6 aromatic rings. The average Bonchev–Trinajstić information content (AvgIpc) is 3.42. The first-order chi connectivity index (χ1) is 16.6. The summed E-state index contributed by atoms with van der Waals surface area (Å²) in [7, 11) is 0. The van der Waals surface area contributed by atoms with Crippen LogP contribution in [0.4, 0.5) is 0 Å².